The van der Waals surface area contributed by atoms with Crippen LogP contribution in [-0.4, -0.2) is 30.9 Å². The van der Waals surface area contributed by atoms with Crippen molar-refractivity contribution in [1.29, 1.82) is 0 Å². The quantitative estimate of drug-likeness (QED) is 0.285. The average Bonchev–Trinajstić information content (AvgIpc) is 3.16. The van der Waals surface area contributed by atoms with Crippen LogP contribution < -0.4 is 0 Å². The van der Waals surface area contributed by atoms with E-state index in [1.165, 1.54) is 50.1 Å². The third-order valence-electron chi connectivity index (χ3n) is 6.45. The van der Waals surface area contributed by atoms with Crippen LogP contribution in [-0.2, 0) is 26.1 Å². The molecule has 0 unspecified atom stereocenters. The summed E-state index contributed by atoms with van der Waals surface area (Å²) in [7, 11) is 6.47. The highest BCUT2D eigenvalue weighted by Gasteiger charge is 2.19. The summed E-state index contributed by atoms with van der Waals surface area (Å²) in [6.45, 7) is 2.87. The highest BCUT2D eigenvalue weighted by Crippen LogP contribution is 2.38. The van der Waals surface area contributed by atoms with Crippen molar-refractivity contribution in [2.75, 3.05) is 21.1 Å². The van der Waals surface area contributed by atoms with Crippen LogP contribution in [0.25, 0.3) is 22.3 Å². The minimum atomic E-state index is 0.933. The molecular weight excluding hydrogens is 400 g/mol. The van der Waals surface area contributed by atoms with Crippen LogP contribution in [0.1, 0.15) is 27.8 Å². The lowest BCUT2D eigenvalue weighted by molar-refractivity contribution is 0.319. The molecule has 2 heteroatoms. The molecule has 0 saturated carbocycles. The van der Waals surface area contributed by atoms with Gasteiger partial charge in [0.05, 0.1) is 0 Å². The molecule has 0 atom stereocenters. The van der Waals surface area contributed by atoms with Gasteiger partial charge in [-0.1, -0.05) is 78.9 Å². The first-order chi connectivity index (χ1) is 16.0. The highest BCUT2D eigenvalue weighted by molar-refractivity contribution is 5.77. The SMILES string of the molecule is CN(C)Cc1ccc2c(c1)Cc1ccc(CN(C)Cc3cccc(-c4ccccc4)c3)cc1-2. The maximum absolute atomic E-state index is 2.41. The van der Waals surface area contributed by atoms with E-state index in [-0.39, 0.29) is 0 Å². The summed E-state index contributed by atoms with van der Waals surface area (Å²) in [6, 6.07) is 33.6. The molecular formula is C31H32N2. The van der Waals surface area contributed by atoms with E-state index >= 15 is 0 Å². The first-order valence-corrected chi connectivity index (χ1v) is 11.8. The number of fused-ring (bicyclic) bond motifs is 3. The van der Waals surface area contributed by atoms with Crippen molar-refractivity contribution in [1.82, 2.24) is 9.80 Å². The van der Waals surface area contributed by atoms with E-state index in [9.17, 15) is 0 Å². The second-order valence-corrected chi connectivity index (χ2v) is 9.64. The van der Waals surface area contributed by atoms with Crippen LogP contribution in [0, 0.1) is 0 Å². The normalized spacial score (nSPS) is 12.3. The summed E-state index contributed by atoms with van der Waals surface area (Å²) in [5.41, 5.74) is 12.4. The van der Waals surface area contributed by atoms with Crippen molar-refractivity contribution in [2.24, 2.45) is 0 Å². The summed E-state index contributed by atoms with van der Waals surface area (Å²) < 4.78 is 0. The molecule has 5 rings (SSSR count). The molecule has 0 fully saturated rings. The summed E-state index contributed by atoms with van der Waals surface area (Å²) in [6.07, 6.45) is 1.05. The lowest BCUT2D eigenvalue weighted by Crippen LogP contribution is -2.17. The maximum Gasteiger partial charge on any atom is 0.0234 e. The molecule has 0 N–H and O–H groups in total. The van der Waals surface area contributed by atoms with Gasteiger partial charge >= 0.3 is 0 Å². The van der Waals surface area contributed by atoms with Gasteiger partial charge in [0.15, 0.2) is 0 Å². The summed E-state index contributed by atoms with van der Waals surface area (Å²) in [5.74, 6) is 0. The number of rotatable bonds is 7. The van der Waals surface area contributed by atoms with Gasteiger partial charge in [-0.25, -0.2) is 0 Å². The minimum Gasteiger partial charge on any atom is -0.305 e. The molecule has 0 aliphatic heterocycles. The Labute approximate surface area is 198 Å². The van der Waals surface area contributed by atoms with E-state index in [4.69, 9.17) is 0 Å². The highest BCUT2D eigenvalue weighted by atomic mass is 15.1. The van der Waals surface area contributed by atoms with E-state index < -0.39 is 0 Å². The van der Waals surface area contributed by atoms with Crippen molar-refractivity contribution < 1.29 is 0 Å². The Kier molecular flexibility index (Phi) is 6.13. The zero-order chi connectivity index (χ0) is 22.8. The Morgan fingerprint density at radius 1 is 0.545 bits per heavy atom. The number of hydrogen-bond acceptors (Lipinski definition) is 2. The topological polar surface area (TPSA) is 6.48 Å². The summed E-state index contributed by atoms with van der Waals surface area (Å²) >= 11 is 0. The Bertz CT molecular complexity index is 1260. The van der Waals surface area contributed by atoms with Crippen LogP contribution in [0.4, 0.5) is 0 Å². The third-order valence-corrected chi connectivity index (χ3v) is 6.45. The van der Waals surface area contributed by atoms with Gasteiger partial charge in [0.1, 0.15) is 0 Å². The molecule has 0 aromatic heterocycles. The van der Waals surface area contributed by atoms with Gasteiger partial charge in [0.25, 0.3) is 0 Å². The van der Waals surface area contributed by atoms with Gasteiger partial charge in [0, 0.05) is 19.6 Å². The fourth-order valence-electron chi connectivity index (χ4n) is 5.01. The molecule has 2 nitrogen and oxygen atoms in total. The number of benzene rings is 4. The summed E-state index contributed by atoms with van der Waals surface area (Å²) in [5, 5.41) is 0. The lowest BCUT2D eigenvalue weighted by Gasteiger charge is -2.18. The van der Waals surface area contributed by atoms with E-state index in [0.29, 0.717) is 0 Å². The lowest BCUT2D eigenvalue weighted by atomic mass is 10.0. The van der Waals surface area contributed by atoms with Crippen molar-refractivity contribution >= 4 is 0 Å². The average molecular weight is 433 g/mol. The van der Waals surface area contributed by atoms with Crippen LogP contribution in [0.15, 0.2) is 91.0 Å². The molecule has 4 aromatic rings. The molecule has 0 saturated heterocycles. The predicted octanol–water partition coefficient (Wildman–Crippen LogP) is 6.62. The standard InChI is InChI=1S/C31H32N2/c1-32(2)20-24-13-15-30-29(17-24)19-28-14-12-25(18-31(28)30)22-33(3)21-23-8-7-11-27(16-23)26-9-5-4-6-10-26/h4-18H,19-22H2,1-3H3. The first kappa shape index (κ1) is 21.6. The van der Waals surface area contributed by atoms with Crippen molar-refractivity contribution in [2.45, 2.75) is 26.1 Å². The number of hydrogen-bond donors (Lipinski definition) is 0. The minimum absolute atomic E-state index is 0.933. The van der Waals surface area contributed by atoms with Gasteiger partial charge in [-0.15, -0.1) is 0 Å². The Morgan fingerprint density at radius 2 is 1.24 bits per heavy atom. The molecule has 166 valence electrons. The van der Waals surface area contributed by atoms with Gasteiger partial charge in [0.2, 0.25) is 0 Å². The zero-order valence-corrected chi connectivity index (χ0v) is 19.9. The summed E-state index contributed by atoms with van der Waals surface area (Å²) in [4.78, 5) is 4.63. The molecule has 0 bridgehead atoms. The molecule has 1 aliphatic rings. The van der Waals surface area contributed by atoms with Gasteiger partial charge in [-0.05, 0) is 89.8 Å². The molecule has 0 spiro atoms. The fourth-order valence-corrected chi connectivity index (χ4v) is 5.01. The molecule has 0 amide bonds. The smallest absolute Gasteiger partial charge is 0.0234 e. The zero-order valence-electron chi connectivity index (χ0n) is 19.9. The van der Waals surface area contributed by atoms with Crippen LogP contribution in [0.2, 0.25) is 0 Å². The van der Waals surface area contributed by atoms with Crippen molar-refractivity contribution in [3.8, 4) is 22.3 Å². The van der Waals surface area contributed by atoms with Crippen LogP contribution in [0.3, 0.4) is 0 Å². The van der Waals surface area contributed by atoms with Gasteiger partial charge in [-0.3, -0.25) is 4.90 Å². The molecule has 0 radical (unpaired) electrons. The molecule has 0 heterocycles. The Morgan fingerprint density at radius 3 is 2.03 bits per heavy atom. The van der Waals surface area contributed by atoms with Gasteiger partial charge < -0.3 is 4.90 Å². The Hall–Kier alpha value is -3.20. The molecule has 1 aliphatic carbocycles. The second kappa shape index (κ2) is 9.35. The Balaban J connectivity index is 1.30. The van der Waals surface area contributed by atoms with Crippen molar-refractivity contribution in [3.63, 3.8) is 0 Å². The molecule has 33 heavy (non-hydrogen) atoms. The predicted molar refractivity (Wildman–Crippen MR) is 139 cm³/mol. The van der Waals surface area contributed by atoms with Crippen LogP contribution >= 0.6 is 0 Å². The third kappa shape index (κ3) is 4.93. The van der Waals surface area contributed by atoms with E-state index in [0.717, 1.165) is 26.1 Å². The monoisotopic (exact) mass is 432 g/mol. The largest absolute Gasteiger partial charge is 0.305 e. The van der Waals surface area contributed by atoms with E-state index in [2.05, 4.69) is 122 Å². The van der Waals surface area contributed by atoms with Gasteiger partial charge in [-0.2, -0.15) is 0 Å². The van der Waals surface area contributed by atoms with Crippen molar-refractivity contribution in [3.05, 3.63) is 119 Å². The molecule has 4 aromatic carbocycles. The van der Waals surface area contributed by atoms with E-state index in [1.54, 1.807) is 0 Å². The fraction of sp³-hybridized carbons (Fsp3) is 0.226. The first-order valence-electron chi connectivity index (χ1n) is 11.8. The second-order valence-electron chi connectivity index (χ2n) is 9.64. The number of nitrogens with zero attached hydrogens (tertiary/aromatic N) is 2. The maximum atomic E-state index is 2.41. The van der Waals surface area contributed by atoms with E-state index in [1.807, 2.05) is 0 Å². The van der Waals surface area contributed by atoms with Crippen LogP contribution in [0.5, 0.6) is 0 Å².